The summed E-state index contributed by atoms with van der Waals surface area (Å²) in [6, 6.07) is 38.8. The van der Waals surface area contributed by atoms with Gasteiger partial charge in [0.1, 0.15) is 0 Å². The van der Waals surface area contributed by atoms with Crippen LogP contribution in [0.2, 0.25) is 0 Å². The average Bonchev–Trinajstić information content (AvgIpc) is 2.83. The van der Waals surface area contributed by atoms with Crippen LogP contribution in [0.3, 0.4) is 0 Å². The first-order chi connectivity index (χ1) is 15.3. The van der Waals surface area contributed by atoms with Crippen LogP contribution in [0.15, 0.2) is 109 Å². The smallest absolute Gasteiger partial charge is 0.0340 e. The highest BCUT2D eigenvalue weighted by atomic mass is 14.9. The minimum Gasteiger partial charge on any atom is -0.385 e. The molecular weight excluding hydrogens is 376 g/mol. The number of benzene rings is 4. The van der Waals surface area contributed by atoms with Crippen LogP contribution >= 0.6 is 0 Å². The minimum absolute atomic E-state index is 0.947. The summed E-state index contributed by atoms with van der Waals surface area (Å²) in [6.45, 7) is 1.89. The third kappa shape index (κ3) is 6.75. The topological polar surface area (TPSA) is 24.1 Å². The van der Waals surface area contributed by atoms with Gasteiger partial charge in [0, 0.05) is 24.5 Å². The fourth-order valence-electron chi connectivity index (χ4n) is 3.71. The lowest BCUT2D eigenvalue weighted by atomic mass is 10.0. The standard InChI is InChI=1S/C29H30N2/c1-3-7-24(8-4-1)19-21-30-28-15-11-26(12-16-28)23-27-13-17-29(18-14-27)31-22-20-25-9-5-2-6-10-25/h1-18,30-31H,19-23H2. The second-order valence-electron chi connectivity index (χ2n) is 7.90. The van der Waals surface area contributed by atoms with Crippen LogP contribution in [-0.2, 0) is 19.3 Å². The minimum atomic E-state index is 0.947. The van der Waals surface area contributed by atoms with Crippen molar-refractivity contribution in [3.05, 3.63) is 131 Å². The van der Waals surface area contributed by atoms with Crippen molar-refractivity contribution in [3.63, 3.8) is 0 Å². The van der Waals surface area contributed by atoms with E-state index in [0.29, 0.717) is 0 Å². The number of nitrogens with one attached hydrogen (secondary N) is 2. The van der Waals surface area contributed by atoms with Gasteiger partial charge in [0.05, 0.1) is 0 Å². The van der Waals surface area contributed by atoms with E-state index in [1.165, 1.54) is 33.6 Å². The number of rotatable bonds is 10. The highest BCUT2D eigenvalue weighted by molar-refractivity contribution is 5.48. The summed E-state index contributed by atoms with van der Waals surface area (Å²) in [4.78, 5) is 0. The summed E-state index contributed by atoms with van der Waals surface area (Å²) < 4.78 is 0. The highest BCUT2D eigenvalue weighted by Crippen LogP contribution is 2.16. The summed E-state index contributed by atoms with van der Waals surface area (Å²) in [5.41, 5.74) is 7.75. The van der Waals surface area contributed by atoms with Crippen LogP contribution in [0, 0.1) is 0 Å². The Kier molecular flexibility index (Phi) is 7.38. The van der Waals surface area contributed by atoms with E-state index in [-0.39, 0.29) is 0 Å². The molecule has 0 fully saturated rings. The molecule has 0 spiro atoms. The Morgan fingerprint density at radius 2 is 0.774 bits per heavy atom. The van der Waals surface area contributed by atoms with Gasteiger partial charge in [0.25, 0.3) is 0 Å². The van der Waals surface area contributed by atoms with Crippen molar-refractivity contribution in [2.24, 2.45) is 0 Å². The third-order valence-electron chi connectivity index (χ3n) is 5.49. The predicted molar refractivity (Wildman–Crippen MR) is 133 cm³/mol. The van der Waals surface area contributed by atoms with E-state index in [2.05, 4.69) is 120 Å². The van der Waals surface area contributed by atoms with Gasteiger partial charge in [-0.1, -0.05) is 84.9 Å². The van der Waals surface area contributed by atoms with Crippen molar-refractivity contribution >= 4 is 11.4 Å². The molecule has 0 amide bonds. The molecule has 0 aromatic heterocycles. The van der Waals surface area contributed by atoms with E-state index in [0.717, 1.165) is 32.4 Å². The lowest BCUT2D eigenvalue weighted by Crippen LogP contribution is -2.05. The normalized spacial score (nSPS) is 10.6. The van der Waals surface area contributed by atoms with Crippen LogP contribution < -0.4 is 10.6 Å². The molecule has 2 N–H and O–H groups in total. The van der Waals surface area contributed by atoms with Gasteiger partial charge in [-0.2, -0.15) is 0 Å². The molecule has 0 saturated heterocycles. The first-order valence-corrected chi connectivity index (χ1v) is 11.1. The molecule has 0 radical (unpaired) electrons. The lowest BCUT2D eigenvalue weighted by molar-refractivity contribution is 1.02. The van der Waals surface area contributed by atoms with E-state index in [1.54, 1.807) is 0 Å². The van der Waals surface area contributed by atoms with Crippen LogP contribution in [0.25, 0.3) is 0 Å². The van der Waals surface area contributed by atoms with Crippen LogP contribution in [-0.4, -0.2) is 13.1 Å². The molecular formula is C29H30N2. The summed E-state index contributed by atoms with van der Waals surface area (Å²) in [5, 5.41) is 7.03. The quantitative estimate of drug-likeness (QED) is 0.310. The van der Waals surface area contributed by atoms with Gasteiger partial charge in [-0.25, -0.2) is 0 Å². The molecule has 0 aliphatic carbocycles. The van der Waals surface area contributed by atoms with Gasteiger partial charge in [-0.05, 0) is 65.8 Å². The van der Waals surface area contributed by atoms with Crippen molar-refractivity contribution in [1.29, 1.82) is 0 Å². The Labute approximate surface area is 186 Å². The summed E-state index contributed by atoms with van der Waals surface area (Å²) in [7, 11) is 0. The van der Waals surface area contributed by atoms with E-state index in [4.69, 9.17) is 0 Å². The number of anilines is 2. The maximum absolute atomic E-state index is 3.51. The molecule has 4 rings (SSSR count). The van der Waals surface area contributed by atoms with Crippen molar-refractivity contribution in [1.82, 2.24) is 0 Å². The summed E-state index contributed by atoms with van der Waals surface area (Å²) >= 11 is 0. The summed E-state index contributed by atoms with van der Waals surface area (Å²) in [5.74, 6) is 0. The Hall–Kier alpha value is -3.52. The number of hydrogen-bond acceptors (Lipinski definition) is 2. The van der Waals surface area contributed by atoms with Crippen LogP contribution in [0.5, 0.6) is 0 Å². The average molecular weight is 407 g/mol. The van der Waals surface area contributed by atoms with Crippen molar-refractivity contribution in [2.45, 2.75) is 19.3 Å². The maximum Gasteiger partial charge on any atom is 0.0340 e. The zero-order chi connectivity index (χ0) is 21.1. The summed E-state index contributed by atoms with van der Waals surface area (Å²) in [6.07, 6.45) is 3.03. The van der Waals surface area contributed by atoms with Gasteiger partial charge >= 0.3 is 0 Å². The second-order valence-corrected chi connectivity index (χ2v) is 7.90. The second kappa shape index (κ2) is 11.0. The molecule has 0 bridgehead atoms. The molecule has 0 saturated carbocycles. The van der Waals surface area contributed by atoms with Crippen molar-refractivity contribution < 1.29 is 0 Å². The largest absolute Gasteiger partial charge is 0.385 e. The zero-order valence-corrected chi connectivity index (χ0v) is 17.9. The fourth-order valence-corrected chi connectivity index (χ4v) is 3.71. The molecule has 156 valence electrons. The highest BCUT2D eigenvalue weighted by Gasteiger charge is 2.00. The Bertz CT molecular complexity index is 937. The molecule has 0 atom stereocenters. The zero-order valence-electron chi connectivity index (χ0n) is 17.9. The first-order valence-electron chi connectivity index (χ1n) is 11.1. The van der Waals surface area contributed by atoms with Crippen molar-refractivity contribution in [3.8, 4) is 0 Å². The molecule has 4 aromatic rings. The molecule has 2 nitrogen and oxygen atoms in total. The monoisotopic (exact) mass is 406 g/mol. The first kappa shape index (κ1) is 20.7. The predicted octanol–water partition coefficient (Wildman–Crippen LogP) is 6.59. The lowest BCUT2D eigenvalue weighted by Gasteiger charge is -2.09. The fraction of sp³-hybridized carbons (Fsp3) is 0.172. The molecule has 2 heteroatoms. The van der Waals surface area contributed by atoms with Crippen LogP contribution in [0.1, 0.15) is 22.3 Å². The Balaban J connectivity index is 1.21. The van der Waals surface area contributed by atoms with E-state index < -0.39 is 0 Å². The SMILES string of the molecule is c1ccc(CCNc2ccc(Cc3ccc(NCCc4ccccc4)cc3)cc2)cc1. The van der Waals surface area contributed by atoms with E-state index >= 15 is 0 Å². The number of hydrogen-bond donors (Lipinski definition) is 2. The van der Waals surface area contributed by atoms with E-state index in [1.807, 2.05) is 0 Å². The molecule has 0 aliphatic heterocycles. The van der Waals surface area contributed by atoms with Gasteiger partial charge in [0.2, 0.25) is 0 Å². The van der Waals surface area contributed by atoms with Crippen molar-refractivity contribution in [2.75, 3.05) is 23.7 Å². The molecule has 0 aliphatic rings. The van der Waals surface area contributed by atoms with E-state index in [9.17, 15) is 0 Å². The van der Waals surface area contributed by atoms with Gasteiger partial charge in [-0.15, -0.1) is 0 Å². The molecule has 4 aromatic carbocycles. The molecule has 0 unspecified atom stereocenters. The third-order valence-corrected chi connectivity index (χ3v) is 5.49. The Morgan fingerprint density at radius 1 is 0.387 bits per heavy atom. The van der Waals surface area contributed by atoms with Gasteiger partial charge < -0.3 is 10.6 Å². The maximum atomic E-state index is 3.51. The van der Waals surface area contributed by atoms with Gasteiger partial charge in [0.15, 0.2) is 0 Å². The van der Waals surface area contributed by atoms with Crippen LogP contribution in [0.4, 0.5) is 11.4 Å². The Morgan fingerprint density at radius 3 is 1.16 bits per heavy atom. The molecule has 31 heavy (non-hydrogen) atoms. The van der Waals surface area contributed by atoms with Gasteiger partial charge in [-0.3, -0.25) is 0 Å². The molecule has 0 heterocycles.